The Morgan fingerprint density at radius 2 is 1.97 bits per heavy atom. The third kappa shape index (κ3) is 5.72. The van der Waals surface area contributed by atoms with Crippen LogP contribution < -0.4 is 11.1 Å². The van der Waals surface area contributed by atoms with Gasteiger partial charge in [-0.1, -0.05) is 32.0 Å². The number of nitrogen functional groups attached to an aromatic ring is 1. The first-order valence-electron chi connectivity index (χ1n) is 9.62. The molecule has 4 N–H and O–H groups in total. The predicted octanol–water partition coefficient (Wildman–Crippen LogP) is 5.34. The van der Waals surface area contributed by atoms with Crippen molar-refractivity contribution in [1.29, 1.82) is 5.41 Å². The molecule has 0 radical (unpaired) electrons. The van der Waals surface area contributed by atoms with E-state index in [1.807, 2.05) is 45.0 Å². The number of nitrogens with two attached hydrogens (primary N) is 1. The highest BCUT2D eigenvalue weighted by atomic mass is 16.5. The van der Waals surface area contributed by atoms with Gasteiger partial charge in [-0.25, -0.2) is 0 Å². The van der Waals surface area contributed by atoms with Crippen molar-refractivity contribution in [3.8, 4) is 0 Å². The van der Waals surface area contributed by atoms with Gasteiger partial charge in [0.2, 0.25) is 5.91 Å². The molecule has 0 saturated carbocycles. The van der Waals surface area contributed by atoms with E-state index in [-0.39, 0.29) is 18.0 Å². The maximum Gasteiger partial charge on any atom is 0.228 e. The first-order chi connectivity index (χ1) is 14.1. The second kappa shape index (κ2) is 10.7. The third-order valence-corrected chi connectivity index (χ3v) is 3.94. The molecular formula is C23H27N3O3. The normalized spacial score (nSPS) is 10.4. The van der Waals surface area contributed by atoms with Crippen LogP contribution >= 0.6 is 0 Å². The van der Waals surface area contributed by atoms with E-state index < -0.39 is 0 Å². The van der Waals surface area contributed by atoms with Gasteiger partial charge in [-0.2, -0.15) is 0 Å². The highest BCUT2D eigenvalue weighted by Gasteiger charge is 2.14. The first kappa shape index (κ1) is 21.8. The van der Waals surface area contributed by atoms with Crippen LogP contribution in [0.5, 0.6) is 0 Å². The maximum absolute atomic E-state index is 12.0. The predicted molar refractivity (Wildman–Crippen MR) is 118 cm³/mol. The van der Waals surface area contributed by atoms with Crippen LogP contribution in [0.3, 0.4) is 0 Å². The molecule has 0 unspecified atom stereocenters. The fraction of sp³-hybridized carbons (Fsp3) is 0.217. The van der Waals surface area contributed by atoms with Crippen molar-refractivity contribution in [2.75, 3.05) is 17.7 Å². The standard InChI is InChI=1S/C21H21N3O3.C2H6/c1-2-26-11-5-8-20(25)24-15-9-10-17(22)16(13-15)21(23)19-12-14-6-3-4-7-18(14)27-19;1-2/h3-7,9-13,23H,2,8,22H2,1H3,(H,24,25);1-2H3/b11-5-,23-21?;. The van der Waals surface area contributed by atoms with Crippen LogP contribution in [0, 0.1) is 5.41 Å². The Balaban J connectivity index is 0.00000145. The average Bonchev–Trinajstić information content (AvgIpc) is 3.18. The molecular weight excluding hydrogens is 366 g/mol. The fourth-order valence-electron chi connectivity index (χ4n) is 2.62. The Morgan fingerprint density at radius 3 is 2.69 bits per heavy atom. The largest absolute Gasteiger partial charge is 0.502 e. The lowest BCUT2D eigenvalue weighted by Gasteiger charge is -2.09. The fourth-order valence-corrected chi connectivity index (χ4v) is 2.62. The number of rotatable bonds is 7. The lowest BCUT2D eigenvalue weighted by Crippen LogP contribution is -2.12. The second-order valence-electron chi connectivity index (χ2n) is 5.90. The Labute approximate surface area is 170 Å². The third-order valence-electron chi connectivity index (χ3n) is 3.94. The van der Waals surface area contributed by atoms with Gasteiger partial charge < -0.3 is 20.2 Å². The quantitative estimate of drug-likeness (QED) is 0.287. The van der Waals surface area contributed by atoms with Crippen LogP contribution in [0.15, 0.2) is 65.3 Å². The summed E-state index contributed by atoms with van der Waals surface area (Å²) in [7, 11) is 0. The molecule has 0 aliphatic heterocycles. The van der Waals surface area contributed by atoms with E-state index in [9.17, 15) is 4.79 Å². The Morgan fingerprint density at radius 1 is 1.21 bits per heavy atom. The molecule has 1 heterocycles. The molecule has 1 amide bonds. The number of hydrogen-bond acceptors (Lipinski definition) is 5. The number of hydrogen-bond donors (Lipinski definition) is 3. The summed E-state index contributed by atoms with van der Waals surface area (Å²) in [5.41, 5.74) is 8.42. The van der Waals surface area contributed by atoms with Crippen molar-refractivity contribution in [2.24, 2.45) is 0 Å². The summed E-state index contributed by atoms with van der Waals surface area (Å²) >= 11 is 0. The van der Waals surface area contributed by atoms with Crippen molar-refractivity contribution >= 4 is 34.0 Å². The van der Waals surface area contributed by atoms with E-state index in [0.717, 1.165) is 5.39 Å². The number of para-hydroxylation sites is 1. The van der Waals surface area contributed by atoms with E-state index in [1.54, 1.807) is 30.3 Å². The minimum absolute atomic E-state index is 0.163. The van der Waals surface area contributed by atoms with Crippen molar-refractivity contribution in [3.05, 3.63) is 72.2 Å². The zero-order valence-corrected chi connectivity index (χ0v) is 17.0. The molecule has 0 bridgehead atoms. The van der Waals surface area contributed by atoms with Crippen molar-refractivity contribution < 1.29 is 13.9 Å². The average molecular weight is 393 g/mol. The first-order valence-corrected chi connectivity index (χ1v) is 9.62. The topological polar surface area (TPSA) is 101 Å². The molecule has 3 rings (SSSR count). The number of carbonyl (C=O) groups is 1. The number of benzene rings is 2. The summed E-state index contributed by atoms with van der Waals surface area (Å²) in [4.78, 5) is 12.0. The molecule has 152 valence electrons. The molecule has 2 aromatic carbocycles. The summed E-state index contributed by atoms with van der Waals surface area (Å²) < 4.78 is 10.8. The van der Waals surface area contributed by atoms with Gasteiger partial charge >= 0.3 is 0 Å². The second-order valence-corrected chi connectivity index (χ2v) is 5.90. The number of carbonyl (C=O) groups excluding carboxylic acids is 1. The number of furan rings is 1. The molecule has 3 aromatic rings. The minimum Gasteiger partial charge on any atom is -0.502 e. The highest BCUT2D eigenvalue weighted by molar-refractivity contribution is 6.14. The van der Waals surface area contributed by atoms with Crippen LogP contribution in [0.1, 0.15) is 38.5 Å². The molecule has 29 heavy (non-hydrogen) atoms. The van der Waals surface area contributed by atoms with E-state index in [2.05, 4.69) is 5.32 Å². The van der Waals surface area contributed by atoms with Gasteiger partial charge in [0, 0.05) is 28.7 Å². The smallest absolute Gasteiger partial charge is 0.228 e. The van der Waals surface area contributed by atoms with Gasteiger partial charge in [-0.15, -0.1) is 0 Å². The van der Waals surface area contributed by atoms with Gasteiger partial charge in [-0.05, 0) is 43.3 Å². The van der Waals surface area contributed by atoms with Crippen molar-refractivity contribution in [2.45, 2.75) is 27.2 Å². The molecule has 0 spiro atoms. The van der Waals surface area contributed by atoms with Crippen LogP contribution in [0.25, 0.3) is 11.0 Å². The number of anilines is 2. The van der Waals surface area contributed by atoms with Crippen LogP contribution in [0.2, 0.25) is 0 Å². The Kier molecular flexibility index (Phi) is 8.03. The monoisotopic (exact) mass is 393 g/mol. The Hall–Kier alpha value is -3.54. The van der Waals surface area contributed by atoms with Gasteiger partial charge in [0.1, 0.15) is 11.3 Å². The number of nitrogens with one attached hydrogen (secondary N) is 2. The molecule has 1 aromatic heterocycles. The van der Waals surface area contributed by atoms with Gasteiger partial charge in [0.15, 0.2) is 5.76 Å². The zero-order chi connectivity index (χ0) is 21.2. The van der Waals surface area contributed by atoms with Crippen LogP contribution in [-0.4, -0.2) is 18.2 Å². The maximum atomic E-state index is 12.0. The van der Waals surface area contributed by atoms with Crippen LogP contribution in [-0.2, 0) is 9.53 Å². The lowest BCUT2D eigenvalue weighted by molar-refractivity contribution is -0.115. The van der Waals surface area contributed by atoms with E-state index in [0.29, 0.717) is 34.9 Å². The van der Waals surface area contributed by atoms with Gasteiger partial charge in [0.25, 0.3) is 0 Å². The van der Waals surface area contributed by atoms with Gasteiger partial charge in [0.05, 0.1) is 12.9 Å². The highest BCUT2D eigenvalue weighted by Crippen LogP contribution is 2.25. The number of amides is 1. The summed E-state index contributed by atoms with van der Waals surface area (Å²) in [6.07, 6.45) is 3.35. The van der Waals surface area contributed by atoms with Crippen molar-refractivity contribution in [1.82, 2.24) is 0 Å². The molecule has 6 nitrogen and oxygen atoms in total. The SMILES string of the molecule is CC.CCO/C=C\CC(=O)Nc1ccc(N)c(C(=N)c2cc3ccccc3o2)c1. The molecule has 0 fully saturated rings. The summed E-state index contributed by atoms with van der Waals surface area (Å²) in [6, 6.07) is 14.4. The Bertz CT molecular complexity index is 973. The van der Waals surface area contributed by atoms with E-state index >= 15 is 0 Å². The van der Waals surface area contributed by atoms with E-state index in [1.165, 1.54) is 6.26 Å². The molecule has 0 aliphatic rings. The minimum atomic E-state index is -0.183. The summed E-state index contributed by atoms with van der Waals surface area (Å²) in [5.74, 6) is 0.239. The van der Waals surface area contributed by atoms with Crippen molar-refractivity contribution in [3.63, 3.8) is 0 Å². The summed E-state index contributed by atoms with van der Waals surface area (Å²) in [5, 5.41) is 12.2. The molecule has 0 aliphatic carbocycles. The molecule has 0 atom stereocenters. The number of ether oxygens (including phenoxy) is 1. The number of fused-ring (bicyclic) bond motifs is 1. The van der Waals surface area contributed by atoms with Gasteiger partial charge in [-0.3, -0.25) is 10.2 Å². The zero-order valence-electron chi connectivity index (χ0n) is 17.0. The molecule has 0 saturated heterocycles. The van der Waals surface area contributed by atoms with E-state index in [4.69, 9.17) is 20.3 Å². The lowest BCUT2D eigenvalue weighted by atomic mass is 10.0. The summed E-state index contributed by atoms with van der Waals surface area (Å²) in [6.45, 7) is 6.43. The molecule has 6 heteroatoms. The van der Waals surface area contributed by atoms with Crippen LogP contribution in [0.4, 0.5) is 11.4 Å².